The molecule has 6 heavy (non-hydrogen) atoms. The largest absolute Gasteiger partial charge is 0.120 e. The molecule has 0 aromatic rings. The molecule has 0 saturated heterocycles. The highest BCUT2D eigenvalue weighted by atomic mass is 27.0. The fraction of sp³-hybridized carbons (Fsp3) is 1.00. The molecule has 0 unspecified atom stereocenters. The van der Waals surface area contributed by atoms with Crippen LogP contribution in [0.5, 0.6) is 0 Å². The van der Waals surface area contributed by atoms with Crippen molar-refractivity contribution < 1.29 is 4.28 Å². The summed E-state index contributed by atoms with van der Waals surface area (Å²) in [6.45, 7) is 4.18. The van der Waals surface area contributed by atoms with Crippen molar-refractivity contribution in [2.45, 2.75) is 24.4 Å². The molecular weight excluding hydrogens is 102 g/mol. The van der Waals surface area contributed by atoms with Crippen LogP contribution in [0.4, 0.5) is 0 Å². The zero-order chi connectivity index (χ0) is 5.41. The lowest BCUT2D eigenvalue weighted by Crippen LogP contribution is -1.41. The first-order valence-corrected chi connectivity index (χ1v) is 3.86. The summed E-state index contributed by atoms with van der Waals surface area (Å²) in [5.41, 5.74) is 0. The SMILES string of the molecule is C[CH2][Al].C[CH2][Al].[HH].[HH].[HH]. The van der Waals surface area contributed by atoms with E-state index in [9.17, 15) is 0 Å². The first-order chi connectivity index (χ1) is 2.83. The van der Waals surface area contributed by atoms with Crippen LogP contribution in [0, 0.1) is 0 Å². The van der Waals surface area contributed by atoms with Crippen LogP contribution in [0.3, 0.4) is 0 Å². The van der Waals surface area contributed by atoms with Gasteiger partial charge in [-0.3, -0.25) is 0 Å². The third-order valence-corrected chi connectivity index (χ3v) is 0. The smallest absolute Gasteiger partial charge is 0.117 e. The second-order valence-electron chi connectivity index (χ2n) is 0.816. The molecule has 0 nitrogen and oxygen atoms in total. The molecule has 0 bridgehead atoms. The summed E-state index contributed by atoms with van der Waals surface area (Å²) in [4.78, 5) is 0. The van der Waals surface area contributed by atoms with Gasteiger partial charge in [-0.25, -0.2) is 0 Å². The maximum absolute atomic E-state index is 2.58. The molecule has 0 rings (SSSR count). The summed E-state index contributed by atoms with van der Waals surface area (Å²) in [5.74, 6) is 0. The van der Waals surface area contributed by atoms with Crippen LogP contribution >= 0.6 is 0 Å². The zero-order valence-corrected chi connectivity index (χ0v) is 6.88. The second kappa shape index (κ2) is 16.6. The Morgan fingerprint density at radius 2 is 1.17 bits per heavy atom. The Hall–Kier alpha value is 1.06. The van der Waals surface area contributed by atoms with Crippen molar-refractivity contribution in [2.24, 2.45) is 0 Å². The minimum absolute atomic E-state index is 0. The highest BCUT2D eigenvalue weighted by Crippen LogP contribution is 1.49. The number of hydrogen-bond acceptors (Lipinski definition) is 0. The molecule has 0 aliphatic carbocycles. The van der Waals surface area contributed by atoms with Crippen LogP contribution in [0.15, 0.2) is 0 Å². The molecule has 0 saturated carbocycles. The van der Waals surface area contributed by atoms with Crippen LogP contribution in [0.1, 0.15) is 18.1 Å². The molecule has 0 heterocycles. The normalized spacial score (nSPS) is 5.67. The molecular formula is C4H16Al2. The average Bonchev–Trinajstić information content (AvgIpc) is 1.39. The molecule has 2 heteroatoms. The van der Waals surface area contributed by atoms with Gasteiger partial charge in [0.2, 0.25) is 0 Å². The van der Waals surface area contributed by atoms with Crippen molar-refractivity contribution in [3.8, 4) is 0 Å². The molecule has 0 aromatic carbocycles. The van der Waals surface area contributed by atoms with Gasteiger partial charge in [-0.05, 0) is 0 Å². The van der Waals surface area contributed by atoms with Crippen LogP contribution in [-0.2, 0) is 0 Å². The fourth-order valence-electron chi connectivity index (χ4n) is 0. The zero-order valence-electron chi connectivity index (χ0n) is 4.57. The van der Waals surface area contributed by atoms with Crippen molar-refractivity contribution in [3.63, 3.8) is 0 Å². The highest BCUT2D eigenvalue weighted by Gasteiger charge is 1.37. The minimum atomic E-state index is 0. The van der Waals surface area contributed by atoms with E-state index in [1.807, 2.05) is 0 Å². The predicted octanol–water partition coefficient (Wildman–Crippen LogP) is 1.92. The van der Waals surface area contributed by atoms with Gasteiger partial charge in [0.1, 0.15) is 32.6 Å². The summed E-state index contributed by atoms with van der Waals surface area (Å²) in [6.07, 6.45) is 0. The van der Waals surface area contributed by atoms with Crippen molar-refractivity contribution >= 4 is 32.6 Å². The van der Waals surface area contributed by atoms with Crippen molar-refractivity contribution in [3.05, 3.63) is 0 Å². The second-order valence-corrected chi connectivity index (χ2v) is 2.45. The van der Waals surface area contributed by atoms with Gasteiger partial charge in [0.25, 0.3) is 0 Å². The van der Waals surface area contributed by atoms with Gasteiger partial charge in [-0.1, -0.05) is 13.8 Å². The minimum Gasteiger partial charge on any atom is -0.120 e. The summed E-state index contributed by atoms with van der Waals surface area (Å²) in [7, 11) is 0. The van der Waals surface area contributed by atoms with E-state index in [1.54, 1.807) is 0 Å². The molecule has 0 N–H and O–H groups in total. The van der Waals surface area contributed by atoms with Crippen LogP contribution in [0.2, 0.25) is 10.6 Å². The quantitative estimate of drug-likeness (QED) is 0.426. The van der Waals surface area contributed by atoms with Crippen molar-refractivity contribution in [1.29, 1.82) is 0 Å². The van der Waals surface area contributed by atoms with Crippen LogP contribution < -0.4 is 0 Å². The molecule has 0 atom stereocenters. The van der Waals surface area contributed by atoms with E-state index in [4.69, 9.17) is 0 Å². The van der Waals surface area contributed by atoms with Crippen LogP contribution in [0.25, 0.3) is 0 Å². The molecule has 38 valence electrons. The Bertz CT molecular complexity index is 15.8. The average molecular weight is 118 g/mol. The molecule has 0 aliphatic rings. The van der Waals surface area contributed by atoms with E-state index in [-0.39, 0.29) is 4.28 Å². The van der Waals surface area contributed by atoms with E-state index in [0.29, 0.717) is 0 Å². The van der Waals surface area contributed by atoms with Gasteiger partial charge in [0.15, 0.2) is 0 Å². The lowest BCUT2D eigenvalue weighted by molar-refractivity contribution is 1.48. The molecule has 4 radical (unpaired) electrons. The first-order valence-electron chi connectivity index (χ1n) is 2.23. The van der Waals surface area contributed by atoms with Gasteiger partial charge in [0, 0.05) is 4.28 Å². The molecule has 0 spiro atoms. The predicted molar refractivity (Wildman–Crippen MR) is 38.8 cm³/mol. The van der Waals surface area contributed by atoms with Gasteiger partial charge in [-0.15, -0.1) is 10.6 Å². The Kier molecular flexibility index (Phi) is 28.0. The van der Waals surface area contributed by atoms with E-state index in [2.05, 4.69) is 46.4 Å². The summed E-state index contributed by atoms with van der Waals surface area (Å²) >= 11 is 5.16. The number of rotatable bonds is 0. The van der Waals surface area contributed by atoms with Crippen molar-refractivity contribution in [1.82, 2.24) is 0 Å². The van der Waals surface area contributed by atoms with Gasteiger partial charge >= 0.3 is 0 Å². The van der Waals surface area contributed by atoms with Gasteiger partial charge in [0.05, 0.1) is 0 Å². The van der Waals surface area contributed by atoms with Gasteiger partial charge in [-0.2, -0.15) is 0 Å². The third kappa shape index (κ3) is 73.8. The summed E-state index contributed by atoms with van der Waals surface area (Å²) < 4.78 is 0. The molecule has 0 amide bonds. The Morgan fingerprint density at radius 1 is 1.17 bits per heavy atom. The monoisotopic (exact) mass is 118 g/mol. The van der Waals surface area contributed by atoms with Crippen molar-refractivity contribution in [2.75, 3.05) is 0 Å². The number of hydrogen-bond donors (Lipinski definition) is 0. The van der Waals surface area contributed by atoms with Gasteiger partial charge < -0.3 is 0 Å². The highest BCUT2D eigenvalue weighted by molar-refractivity contribution is 6.08. The molecule has 0 fully saturated rings. The Labute approximate surface area is 61.6 Å². The lowest BCUT2D eigenvalue weighted by Gasteiger charge is -1.47. The van der Waals surface area contributed by atoms with E-state index >= 15 is 0 Å². The Morgan fingerprint density at radius 3 is 1.17 bits per heavy atom. The summed E-state index contributed by atoms with van der Waals surface area (Å²) in [6, 6.07) is 0. The van der Waals surface area contributed by atoms with E-state index in [1.165, 1.54) is 10.6 Å². The third-order valence-electron chi connectivity index (χ3n) is 0. The van der Waals surface area contributed by atoms with E-state index in [0.717, 1.165) is 0 Å². The lowest BCUT2D eigenvalue weighted by atomic mass is 11.0. The summed E-state index contributed by atoms with van der Waals surface area (Å²) in [5, 5.41) is 2.33. The molecule has 0 aliphatic heterocycles. The maximum Gasteiger partial charge on any atom is 0.117 e. The van der Waals surface area contributed by atoms with Crippen LogP contribution in [-0.4, -0.2) is 32.6 Å². The first kappa shape index (κ1) is 10.1. The Balaban J connectivity index is -0.00000000889. The standard InChI is InChI=1S/2C2H5.2Al.3H2/c2*1-2;;;;;/h2*1H2,2H3;;;3*1H. The van der Waals surface area contributed by atoms with E-state index < -0.39 is 0 Å². The maximum atomic E-state index is 2.58. The fourth-order valence-corrected chi connectivity index (χ4v) is 0. The topological polar surface area (TPSA) is 0 Å². The molecule has 0 aromatic heterocycles.